The van der Waals surface area contributed by atoms with E-state index in [0.717, 1.165) is 11.5 Å². The molecule has 0 fully saturated rings. The van der Waals surface area contributed by atoms with E-state index in [4.69, 9.17) is 0 Å². The third-order valence-corrected chi connectivity index (χ3v) is 3.61. The van der Waals surface area contributed by atoms with Gasteiger partial charge in [-0.05, 0) is 33.7 Å². The summed E-state index contributed by atoms with van der Waals surface area (Å²) in [5.41, 5.74) is -2.13. The third-order valence-electron chi connectivity index (χ3n) is 3.61. The van der Waals surface area contributed by atoms with Gasteiger partial charge in [-0.3, -0.25) is 10.1 Å². The Morgan fingerprint density at radius 1 is 0.870 bits per heavy atom. The van der Waals surface area contributed by atoms with E-state index in [2.05, 4.69) is 0 Å². The topological polar surface area (TPSA) is 118 Å². The molecule has 0 saturated heterocycles. The predicted molar refractivity (Wildman–Crippen MR) is 82.0 cm³/mol. The number of fused-ring (bicyclic) bond motifs is 2. The molecule has 0 aromatic heterocycles. The minimum Gasteiger partial charge on any atom is -0.478 e. The highest BCUT2D eigenvalue weighted by molar-refractivity contribution is 6.16. The number of nitrogens with zero attached hydrogens (tertiary/aromatic N) is 1. The summed E-state index contributed by atoms with van der Waals surface area (Å²) in [7, 11) is 0. The fourth-order valence-electron chi connectivity index (χ4n) is 2.66. The van der Waals surface area contributed by atoms with Crippen molar-refractivity contribution in [3.8, 4) is 0 Å². The molecule has 0 atom stereocenters. The lowest BCUT2D eigenvalue weighted by Gasteiger charge is -2.09. The number of rotatable bonds is 3. The first kappa shape index (κ1) is 14.5. The van der Waals surface area contributed by atoms with Crippen LogP contribution in [0.4, 0.5) is 5.69 Å². The Hall–Kier alpha value is -3.48. The van der Waals surface area contributed by atoms with Gasteiger partial charge in [0.25, 0.3) is 5.69 Å². The molecule has 0 spiro atoms. The molecule has 23 heavy (non-hydrogen) atoms. The Labute approximate surface area is 128 Å². The van der Waals surface area contributed by atoms with Crippen molar-refractivity contribution < 1.29 is 24.7 Å². The summed E-state index contributed by atoms with van der Waals surface area (Å²) in [6.07, 6.45) is 0. The van der Waals surface area contributed by atoms with E-state index in [1.165, 1.54) is 6.07 Å². The van der Waals surface area contributed by atoms with Crippen LogP contribution in [0.25, 0.3) is 21.5 Å². The van der Waals surface area contributed by atoms with E-state index < -0.39 is 33.7 Å². The second kappa shape index (κ2) is 5.06. The second-order valence-corrected chi connectivity index (χ2v) is 4.93. The molecule has 0 bridgehead atoms. The maximum atomic E-state index is 11.6. The lowest BCUT2D eigenvalue weighted by Crippen LogP contribution is -2.12. The van der Waals surface area contributed by atoms with Gasteiger partial charge in [0.15, 0.2) is 5.56 Å². The van der Waals surface area contributed by atoms with Crippen LogP contribution >= 0.6 is 0 Å². The summed E-state index contributed by atoms with van der Waals surface area (Å²) in [6, 6.07) is 11.3. The molecule has 0 aliphatic heterocycles. The Kier molecular flexibility index (Phi) is 3.18. The van der Waals surface area contributed by atoms with Crippen molar-refractivity contribution >= 4 is 39.2 Å². The Morgan fingerprint density at radius 3 is 1.96 bits per heavy atom. The van der Waals surface area contributed by atoms with Gasteiger partial charge in [0.2, 0.25) is 0 Å². The van der Waals surface area contributed by atoms with Gasteiger partial charge in [-0.25, -0.2) is 9.59 Å². The molecular formula is C16H9NO6. The Balaban J connectivity index is 2.58. The zero-order chi connectivity index (χ0) is 16.7. The molecule has 7 nitrogen and oxygen atoms in total. The Morgan fingerprint density at radius 2 is 1.43 bits per heavy atom. The monoisotopic (exact) mass is 311 g/mol. The number of carboxylic acids is 2. The van der Waals surface area contributed by atoms with Crippen LogP contribution in [0.3, 0.4) is 0 Å². The summed E-state index contributed by atoms with van der Waals surface area (Å²) < 4.78 is 0. The molecule has 3 aromatic rings. The van der Waals surface area contributed by atoms with Gasteiger partial charge in [0.05, 0.1) is 10.5 Å². The maximum Gasteiger partial charge on any atom is 0.343 e. The highest BCUT2D eigenvalue weighted by Gasteiger charge is 2.30. The van der Waals surface area contributed by atoms with Crippen LogP contribution in [-0.4, -0.2) is 27.1 Å². The molecule has 0 saturated carbocycles. The van der Waals surface area contributed by atoms with E-state index >= 15 is 0 Å². The van der Waals surface area contributed by atoms with Crippen molar-refractivity contribution in [1.82, 2.24) is 0 Å². The average molecular weight is 311 g/mol. The maximum absolute atomic E-state index is 11.6. The van der Waals surface area contributed by atoms with Gasteiger partial charge in [-0.2, -0.15) is 0 Å². The number of hydrogen-bond donors (Lipinski definition) is 2. The molecule has 0 aliphatic carbocycles. The first-order valence-corrected chi connectivity index (χ1v) is 6.50. The molecule has 3 aromatic carbocycles. The van der Waals surface area contributed by atoms with Crippen molar-refractivity contribution in [2.75, 3.05) is 0 Å². The van der Waals surface area contributed by atoms with Crippen molar-refractivity contribution in [1.29, 1.82) is 0 Å². The molecule has 0 aliphatic rings. The summed E-state index contributed by atoms with van der Waals surface area (Å²) in [5, 5.41) is 31.8. The van der Waals surface area contributed by atoms with E-state index in [1.54, 1.807) is 30.3 Å². The largest absolute Gasteiger partial charge is 0.478 e. The van der Waals surface area contributed by atoms with Crippen LogP contribution in [0.5, 0.6) is 0 Å². The Bertz CT molecular complexity index is 1010. The molecule has 0 amide bonds. The van der Waals surface area contributed by atoms with Crippen molar-refractivity contribution in [3.63, 3.8) is 0 Å². The minimum atomic E-state index is -1.65. The molecule has 0 radical (unpaired) electrons. The summed E-state index contributed by atoms with van der Waals surface area (Å²) in [6.45, 7) is 0. The number of nitro groups is 1. The van der Waals surface area contributed by atoms with E-state index in [-0.39, 0.29) is 5.39 Å². The van der Waals surface area contributed by atoms with E-state index in [0.29, 0.717) is 10.8 Å². The fourth-order valence-corrected chi connectivity index (χ4v) is 2.66. The van der Waals surface area contributed by atoms with Crippen molar-refractivity contribution in [2.45, 2.75) is 0 Å². The lowest BCUT2D eigenvalue weighted by molar-refractivity contribution is -0.385. The van der Waals surface area contributed by atoms with Crippen LogP contribution in [0, 0.1) is 10.1 Å². The first-order chi connectivity index (χ1) is 10.9. The smallest absolute Gasteiger partial charge is 0.343 e. The molecular weight excluding hydrogens is 302 g/mol. The zero-order valence-corrected chi connectivity index (χ0v) is 11.5. The highest BCUT2D eigenvalue weighted by atomic mass is 16.6. The predicted octanol–water partition coefficient (Wildman–Crippen LogP) is 3.30. The molecule has 3 rings (SSSR count). The summed E-state index contributed by atoms with van der Waals surface area (Å²) in [5.74, 6) is -3.17. The van der Waals surface area contributed by atoms with E-state index in [9.17, 15) is 29.9 Å². The second-order valence-electron chi connectivity index (χ2n) is 4.93. The number of hydrogen-bond acceptors (Lipinski definition) is 4. The number of carbonyl (C=O) groups is 2. The summed E-state index contributed by atoms with van der Waals surface area (Å²) >= 11 is 0. The van der Waals surface area contributed by atoms with Crippen LogP contribution in [0.1, 0.15) is 20.7 Å². The number of benzene rings is 3. The van der Waals surface area contributed by atoms with Gasteiger partial charge in [-0.15, -0.1) is 0 Å². The first-order valence-electron chi connectivity index (χ1n) is 6.50. The lowest BCUT2D eigenvalue weighted by atomic mass is 9.94. The third kappa shape index (κ3) is 2.24. The molecule has 0 unspecified atom stereocenters. The highest BCUT2D eigenvalue weighted by Crippen LogP contribution is 2.33. The molecule has 7 heteroatoms. The van der Waals surface area contributed by atoms with Crippen LogP contribution in [-0.2, 0) is 0 Å². The quantitative estimate of drug-likeness (QED) is 0.435. The molecule has 2 N–H and O–H groups in total. The molecule has 0 heterocycles. The SMILES string of the molecule is O=C(O)c1c([N+](=O)[O-])cc2cc3ccccc3cc2c1C(=O)O. The average Bonchev–Trinajstić information content (AvgIpc) is 2.50. The van der Waals surface area contributed by atoms with Crippen LogP contribution < -0.4 is 0 Å². The summed E-state index contributed by atoms with van der Waals surface area (Å²) in [4.78, 5) is 33.2. The number of carboxylic acid groups (broad SMARTS) is 2. The van der Waals surface area contributed by atoms with Crippen molar-refractivity contribution in [3.05, 3.63) is 63.7 Å². The van der Waals surface area contributed by atoms with Gasteiger partial charge < -0.3 is 10.2 Å². The number of nitro benzene ring substituents is 1. The van der Waals surface area contributed by atoms with Gasteiger partial charge in [0, 0.05) is 6.07 Å². The van der Waals surface area contributed by atoms with Gasteiger partial charge in [-0.1, -0.05) is 24.3 Å². The van der Waals surface area contributed by atoms with Crippen molar-refractivity contribution in [2.24, 2.45) is 0 Å². The van der Waals surface area contributed by atoms with E-state index in [1.807, 2.05) is 0 Å². The minimum absolute atomic E-state index is 0.152. The zero-order valence-electron chi connectivity index (χ0n) is 11.5. The standard InChI is InChI=1S/C16H9NO6/c18-15(19)13-11-6-9-4-2-1-3-8(9)5-10(11)7-12(17(22)23)14(13)16(20)21/h1-7H,(H,18,19)(H,20,21). The van der Waals surface area contributed by atoms with Crippen LogP contribution in [0.2, 0.25) is 0 Å². The van der Waals surface area contributed by atoms with Gasteiger partial charge >= 0.3 is 11.9 Å². The fraction of sp³-hybridized carbons (Fsp3) is 0. The van der Waals surface area contributed by atoms with Crippen LogP contribution in [0.15, 0.2) is 42.5 Å². The normalized spacial score (nSPS) is 10.8. The van der Waals surface area contributed by atoms with Gasteiger partial charge in [0.1, 0.15) is 0 Å². The number of aromatic carboxylic acids is 2. The molecule has 114 valence electrons.